The molecule has 0 aliphatic rings. The fraction of sp³-hybridized carbons (Fsp3) is 0.579. The minimum absolute atomic E-state index is 0.101. The maximum Gasteiger partial charge on any atom is 0.255 e. The molecule has 0 unspecified atom stereocenters. The Morgan fingerprint density at radius 2 is 1.96 bits per heavy atom. The van der Waals surface area contributed by atoms with Crippen LogP contribution in [0.15, 0.2) is 22.7 Å². The summed E-state index contributed by atoms with van der Waals surface area (Å²) < 4.78 is 7.57. The van der Waals surface area contributed by atoms with Crippen molar-refractivity contribution < 1.29 is 9.21 Å². The van der Waals surface area contributed by atoms with Crippen LogP contribution >= 0.6 is 0 Å². The van der Waals surface area contributed by atoms with Crippen LogP contribution in [0.2, 0.25) is 0 Å². The molecule has 24 heavy (non-hydrogen) atoms. The van der Waals surface area contributed by atoms with Crippen LogP contribution in [-0.4, -0.2) is 15.7 Å². The summed E-state index contributed by atoms with van der Waals surface area (Å²) in [7, 11) is 0. The van der Waals surface area contributed by atoms with Gasteiger partial charge in [-0.05, 0) is 44.2 Å². The predicted molar refractivity (Wildman–Crippen MR) is 95.1 cm³/mol. The van der Waals surface area contributed by atoms with Gasteiger partial charge in [-0.1, -0.05) is 27.7 Å². The van der Waals surface area contributed by atoms with Crippen LogP contribution in [0.3, 0.4) is 0 Å². The largest absolute Gasteiger partial charge is 0.464 e. The van der Waals surface area contributed by atoms with Crippen molar-refractivity contribution >= 4 is 5.91 Å². The fourth-order valence-electron chi connectivity index (χ4n) is 2.77. The van der Waals surface area contributed by atoms with Gasteiger partial charge in [0.1, 0.15) is 11.5 Å². The number of hydrogen-bond acceptors (Lipinski definition) is 3. The second kappa shape index (κ2) is 7.69. The number of aromatic nitrogens is 2. The number of aryl methyl sites for hydroxylation is 2. The molecule has 2 aromatic heterocycles. The zero-order valence-electron chi connectivity index (χ0n) is 15.6. The van der Waals surface area contributed by atoms with E-state index in [4.69, 9.17) is 4.42 Å². The van der Waals surface area contributed by atoms with Gasteiger partial charge in [-0.15, -0.1) is 0 Å². The molecule has 2 heterocycles. The maximum atomic E-state index is 12.7. The summed E-state index contributed by atoms with van der Waals surface area (Å²) >= 11 is 0. The minimum Gasteiger partial charge on any atom is -0.464 e. The van der Waals surface area contributed by atoms with E-state index in [0.717, 1.165) is 30.2 Å². The molecule has 0 spiro atoms. The summed E-state index contributed by atoms with van der Waals surface area (Å²) in [4.78, 5) is 12.7. The second-order valence-corrected chi connectivity index (χ2v) is 7.15. The lowest BCUT2D eigenvalue weighted by Crippen LogP contribution is -2.27. The first-order chi connectivity index (χ1) is 11.3. The topological polar surface area (TPSA) is 60.1 Å². The molecular formula is C19H29N3O2. The molecule has 1 atom stereocenters. The van der Waals surface area contributed by atoms with Gasteiger partial charge in [0.2, 0.25) is 0 Å². The quantitative estimate of drug-likeness (QED) is 0.815. The van der Waals surface area contributed by atoms with Crippen molar-refractivity contribution in [3.8, 4) is 0 Å². The van der Waals surface area contributed by atoms with Crippen molar-refractivity contribution in [2.45, 2.75) is 66.5 Å². The van der Waals surface area contributed by atoms with Crippen LogP contribution in [-0.2, 0) is 6.54 Å². The van der Waals surface area contributed by atoms with Crippen molar-refractivity contribution in [2.75, 3.05) is 0 Å². The fourth-order valence-corrected chi connectivity index (χ4v) is 2.77. The Bertz CT molecular complexity index is 683. The number of amides is 1. The summed E-state index contributed by atoms with van der Waals surface area (Å²) in [5.41, 5.74) is 1.65. The molecule has 2 aromatic rings. The Hall–Kier alpha value is -2.04. The summed E-state index contributed by atoms with van der Waals surface area (Å²) in [6, 6.07) is 3.63. The molecule has 5 heteroatoms. The van der Waals surface area contributed by atoms with Crippen LogP contribution in [0, 0.1) is 12.8 Å². The average molecular weight is 331 g/mol. The number of furan rings is 1. The molecule has 5 nitrogen and oxygen atoms in total. The Labute approximate surface area is 144 Å². The molecule has 0 saturated heterocycles. The molecule has 2 rings (SSSR count). The van der Waals surface area contributed by atoms with Crippen molar-refractivity contribution in [3.05, 3.63) is 41.1 Å². The lowest BCUT2D eigenvalue weighted by atomic mass is 10.0. The molecule has 0 radical (unpaired) electrons. The van der Waals surface area contributed by atoms with Gasteiger partial charge in [0, 0.05) is 6.54 Å². The van der Waals surface area contributed by atoms with Crippen LogP contribution < -0.4 is 5.32 Å². The monoisotopic (exact) mass is 331 g/mol. The van der Waals surface area contributed by atoms with Gasteiger partial charge in [-0.2, -0.15) is 5.10 Å². The number of carbonyl (C=O) groups excluding carboxylic acids is 1. The molecule has 1 amide bonds. The van der Waals surface area contributed by atoms with E-state index in [1.165, 1.54) is 0 Å². The van der Waals surface area contributed by atoms with Gasteiger partial charge >= 0.3 is 0 Å². The van der Waals surface area contributed by atoms with Gasteiger partial charge in [-0.3, -0.25) is 9.48 Å². The number of nitrogens with one attached hydrogen (secondary N) is 1. The number of nitrogens with zero attached hydrogens (tertiary/aromatic N) is 2. The van der Waals surface area contributed by atoms with Crippen LogP contribution in [0.25, 0.3) is 0 Å². The molecular weight excluding hydrogens is 302 g/mol. The van der Waals surface area contributed by atoms with Crippen LogP contribution in [0.5, 0.6) is 0 Å². The second-order valence-electron chi connectivity index (χ2n) is 7.15. The third-order valence-electron chi connectivity index (χ3n) is 4.13. The van der Waals surface area contributed by atoms with Gasteiger partial charge in [0.05, 0.1) is 23.5 Å². The Balaban J connectivity index is 2.16. The molecule has 0 saturated carbocycles. The number of rotatable bonds is 7. The normalized spacial score (nSPS) is 12.8. The van der Waals surface area contributed by atoms with Gasteiger partial charge in [0.15, 0.2) is 0 Å². The number of hydrogen-bond donors (Lipinski definition) is 1. The summed E-state index contributed by atoms with van der Waals surface area (Å²) in [5, 5.41) is 7.46. The molecule has 0 aromatic carbocycles. The third kappa shape index (κ3) is 4.28. The minimum atomic E-state index is -0.176. The van der Waals surface area contributed by atoms with E-state index in [1.54, 1.807) is 6.20 Å². The first-order valence-corrected chi connectivity index (χ1v) is 8.72. The third-order valence-corrected chi connectivity index (χ3v) is 4.13. The first-order valence-electron chi connectivity index (χ1n) is 8.72. The molecule has 0 fully saturated rings. The highest BCUT2D eigenvalue weighted by molar-refractivity contribution is 5.95. The maximum absolute atomic E-state index is 12.7. The van der Waals surface area contributed by atoms with E-state index in [2.05, 4.69) is 38.1 Å². The lowest BCUT2D eigenvalue weighted by Gasteiger charge is -2.15. The Morgan fingerprint density at radius 1 is 1.25 bits per heavy atom. The Kier molecular flexibility index (Phi) is 5.86. The summed E-state index contributed by atoms with van der Waals surface area (Å²) in [6.07, 6.45) is 2.73. The van der Waals surface area contributed by atoms with E-state index in [9.17, 15) is 4.79 Å². The highest BCUT2D eigenvalue weighted by Gasteiger charge is 2.22. The van der Waals surface area contributed by atoms with Gasteiger partial charge in [0.25, 0.3) is 5.91 Å². The van der Waals surface area contributed by atoms with E-state index in [0.29, 0.717) is 11.5 Å². The summed E-state index contributed by atoms with van der Waals surface area (Å²) in [6.45, 7) is 13.2. The molecule has 0 bridgehead atoms. The zero-order chi connectivity index (χ0) is 17.9. The highest BCUT2D eigenvalue weighted by Crippen LogP contribution is 2.22. The Morgan fingerprint density at radius 3 is 2.50 bits per heavy atom. The predicted octanol–water partition coefficient (Wildman–Crippen LogP) is 4.45. The van der Waals surface area contributed by atoms with Crippen LogP contribution in [0.1, 0.15) is 80.6 Å². The van der Waals surface area contributed by atoms with Crippen molar-refractivity contribution in [3.63, 3.8) is 0 Å². The van der Waals surface area contributed by atoms with E-state index >= 15 is 0 Å². The molecule has 1 N–H and O–H groups in total. The van der Waals surface area contributed by atoms with E-state index in [-0.39, 0.29) is 17.9 Å². The number of carbonyl (C=O) groups is 1. The summed E-state index contributed by atoms with van der Waals surface area (Å²) in [5.74, 6) is 2.35. The highest BCUT2D eigenvalue weighted by atomic mass is 16.3. The molecule has 132 valence electrons. The average Bonchev–Trinajstić information content (AvgIpc) is 3.11. The van der Waals surface area contributed by atoms with Crippen molar-refractivity contribution in [1.82, 2.24) is 15.1 Å². The van der Waals surface area contributed by atoms with Gasteiger partial charge in [-0.25, -0.2) is 0 Å². The van der Waals surface area contributed by atoms with E-state index in [1.807, 2.05) is 30.7 Å². The zero-order valence-corrected chi connectivity index (χ0v) is 15.6. The first kappa shape index (κ1) is 18.3. The van der Waals surface area contributed by atoms with Crippen molar-refractivity contribution in [1.29, 1.82) is 0 Å². The standard InChI is InChI=1S/C19H29N3O2/c1-12(2)9-10-22-18(13(3)4)16(11-20-22)19(23)21-15(6)17-8-7-14(5)24-17/h7-8,11-13,15H,9-10H2,1-6H3,(H,21,23)/t15-/m0/s1. The molecule has 0 aliphatic carbocycles. The SMILES string of the molecule is Cc1ccc([C@H](C)NC(=O)c2cnn(CCC(C)C)c2C(C)C)o1. The van der Waals surface area contributed by atoms with Crippen LogP contribution in [0.4, 0.5) is 0 Å². The smallest absolute Gasteiger partial charge is 0.255 e. The van der Waals surface area contributed by atoms with Gasteiger partial charge < -0.3 is 9.73 Å². The molecule has 0 aliphatic heterocycles. The lowest BCUT2D eigenvalue weighted by molar-refractivity contribution is 0.0933. The van der Waals surface area contributed by atoms with E-state index < -0.39 is 0 Å². The van der Waals surface area contributed by atoms with Crippen molar-refractivity contribution in [2.24, 2.45) is 5.92 Å².